The number of aromatic nitrogens is 6. The summed E-state index contributed by atoms with van der Waals surface area (Å²) in [5.74, 6) is 1.30. The number of anilines is 2. The number of nitrogens with two attached hydrogens (primary N) is 1. The Labute approximate surface area is 196 Å². The molecule has 1 fully saturated rings. The number of rotatable bonds is 4. The molecule has 178 valence electrons. The quantitative estimate of drug-likeness (QED) is 0.475. The van der Waals surface area contributed by atoms with Crippen LogP contribution in [0, 0.1) is 6.92 Å². The lowest BCUT2D eigenvalue weighted by molar-refractivity contribution is -0.131. The third-order valence-corrected chi connectivity index (χ3v) is 6.35. The minimum Gasteiger partial charge on any atom is -0.382 e. The third-order valence-electron chi connectivity index (χ3n) is 6.35. The van der Waals surface area contributed by atoms with Crippen molar-refractivity contribution in [3.8, 4) is 11.3 Å². The van der Waals surface area contributed by atoms with Crippen LogP contribution in [0.15, 0.2) is 24.4 Å². The van der Waals surface area contributed by atoms with Gasteiger partial charge in [-0.2, -0.15) is 4.98 Å². The number of aryl methyl sites for hydroxylation is 1. The first kappa shape index (κ1) is 22.1. The van der Waals surface area contributed by atoms with E-state index in [1.165, 1.54) is 11.8 Å². The lowest BCUT2D eigenvalue weighted by Crippen LogP contribution is -2.49. The number of hydrogen-bond donors (Lipinski definition) is 2. The molecule has 4 aromatic rings. The van der Waals surface area contributed by atoms with E-state index in [9.17, 15) is 9.18 Å². The summed E-state index contributed by atoms with van der Waals surface area (Å²) in [5, 5.41) is 7.55. The second kappa shape index (κ2) is 8.23. The first-order chi connectivity index (χ1) is 16.2. The highest BCUT2D eigenvalue weighted by Crippen LogP contribution is 2.30. The number of pyridine rings is 1. The largest absolute Gasteiger partial charge is 0.382 e. The molecule has 1 saturated heterocycles. The van der Waals surface area contributed by atoms with E-state index in [1.54, 1.807) is 10.7 Å². The Morgan fingerprint density at radius 1 is 1.24 bits per heavy atom. The van der Waals surface area contributed by atoms with Crippen molar-refractivity contribution in [1.29, 1.82) is 0 Å². The van der Waals surface area contributed by atoms with Crippen LogP contribution in [0.5, 0.6) is 0 Å². The van der Waals surface area contributed by atoms with Gasteiger partial charge in [0, 0.05) is 31.3 Å². The number of imidazole rings is 1. The van der Waals surface area contributed by atoms with Crippen LogP contribution in [-0.2, 0) is 4.79 Å². The molecular formula is C23H28FN9O. The summed E-state index contributed by atoms with van der Waals surface area (Å²) in [5.41, 5.74) is 10.2. The molecule has 0 spiro atoms. The maximum Gasteiger partial charge on any atom is 0.243 e. The van der Waals surface area contributed by atoms with E-state index in [2.05, 4.69) is 38.8 Å². The molecule has 11 heteroatoms. The van der Waals surface area contributed by atoms with Crippen molar-refractivity contribution < 1.29 is 9.18 Å². The van der Waals surface area contributed by atoms with Crippen molar-refractivity contribution >= 4 is 34.4 Å². The molecular weight excluding hydrogens is 437 g/mol. The molecule has 0 saturated carbocycles. The number of fused-ring (bicyclic) bond motifs is 2. The molecule has 0 unspecified atom stereocenters. The van der Waals surface area contributed by atoms with E-state index in [0.29, 0.717) is 18.5 Å². The lowest BCUT2D eigenvalue weighted by atomic mass is 10.0. The molecule has 1 amide bonds. The number of carbonyl (C=O) groups excluding carboxylic acids is 1. The number of carbonyl (C=O) groups is 1. The average molecular weight is 466 g/mol. The summed E-state index contributed by atoms with van der Waals surface area (Å²) in [4.78, 5) is 26.9. The molecule has 3 N–H and O–H groups in total. The van der Waals surface area contributed by atoms with Crippen molar-refractivity contribution in [3.05, 3.63) is 30.2 Å². The lowest BCUT2D eigenvalue weighted by Gasteiger charge is -2.34. The van der Waals surface area contributed by atoms with Crippen LogP contribution in [0.4, 0.5) is 16.2 Å². The van der Waals surface area contributed by atoms with E-state index < -0.39 is 12.2 Å². The monoisotopic (exact) mass is 465 g/mol. The van der Waals surface area contributed by atoms with Gasteiger partial charge < -0.3 is 20.5 Å². The summed E-state index contributed by atoms with van der Waals surface area (Å²) in [6, 6.07) is 5.49. The van der Waals surface area contributed by atoms with E-state index in [0.717, 1.165) is 28.2 Å². The molecule has 2 atom stereocenters. The van der Waals surface area contributed by atoms with Gasteiger partial charge in [-0.1, -0.05) is 0 Å². The molecule has 1 aliphatic rings. The Morgan fingerprint density at radius 2 is 2.03 bits per heavy atom. The Morgan fingerprint density at radius 3 is 2.74 bits per heavy atom. The summed E-state index contributed by atoms with van der Waals surface area (Å²) in [6.45, 7) is 8.16. The van der Waals surface area contributed by atoms with E-state index in [-0.39, 0.29) is 30.3 Å². The number of amides is 1. The van der Waals surface area contributed by atoms with Gasteiger partial charge in [0.2, 0.25) is 11.9 Å². The van der Waals surface area contributed by atoms with Crippen LogP contribution in [0.3, 0.4) is 0 Å². The number of nitrogens with one attached hydrogen (secondary N) is 1. The third kappa shape index (κ3) is 3.70. The number of nitrogens with zero attached hydrogens (tertiary/aromatic N) is 7. The van der Waals surface area contributed by atoms with Gasteiger partial charge in [-0.3, -0.25) is 4.79 Å². The standard InChI is InChI=1S/C23H28FN9O/c1-12(2)33-13(3)26-19-6-5-17(27-22(19)33)15-7-10-32-20(15)21(25)29-23(30-32)28-18-8-9-31(14(4)34)11-16(18)24/h5-7,10,12,16,18H,8-9,11H2,1-4H3,(H3,25,28,29,30)/t16-,18+/m1/s1. The highest BCUT2D eigenvalue weighted by Gasteiger charge is 2.31. The predicted octanol–water partition coefficient (Wildman–Crippen LogP) is 2.98. The highest BCUT2D eigenvalue weighted by atomic mass is 19.1. The number of hydrogen-bond acceptors (Lipinski definition) is 7. The zero-order chi connectivity index (χ0) is 24.1. The first-order valence-corrected chi connectivity index (χ1v) is 11.4. The Hall–Kier alpha value is -3.76. The van der Waals surface area contributed by atoms with Crippen LogP contribution < -0.4 is 11.1 Å². The van der Waals surface area contributed by atoms with Gasteiger partial charge in [0.1, 0.15) is 23.0 Å². The minimum absolute atomic E-state index is 0.0545. The molecule has 4 aromatic heterocycles. The van der Waals surface area contributed by atoms with Crippen molar-refractivity contribution in [2.45, 2.75) is 52.4 Å². The summed E-state index contributed by atoms with van der Waals surface area (Å²) < 4.78 is 18.4. The average Bonchev–Trinajstić information content (AvgIpc) is 3.35. The Bertz CT molecular complexity index is 1390. The molecule has 5 heterocycles. The number of nitrogen functional groups attached to an aromatic ring is 1. The van der Waals surface area contributed by atoms with Crippen LogP contribution >= 0.6 is 0 Å². The zero-order valence-corrected chi connectivity index (χ0v) is 19.7. The van der Waals surface area contributed by atoms with Gasteiger partial charge in [-0.25, -0.2) is 18.9 Å². The van der Waals surface area contributed by atoms with Gasteiger partial charge >= 0.3 is 0 Å². The molecule has 0 radical (unpaired) electrons. The molecule has 0 aromatic carbocycles. The van der Waals surface area contributed by atoms with Gasteiger partial charge in [0.25, 0.3) is 0 Å². The molecule has 0 bridgehead atoms. The predicted molar refractivity (Wildman–Crippen MR) is 128 cm³/mol. The number of alkyl halides is 1. The SMILES string of the molecule is CC(=O)N1CC[C@H](Nc2nc(N)c3c(-c4ccc5nc(C)n(C(C)C)c5n4)ccn3n2)[C@H](F)C1. The topological polar surface area (TPSA) is 119 Å². The van der Waals surface area contributed by atoms with Crippen molar-refractivity contribution in [3.63, 3.8) is 0 Å². The molecule has 5 rings (SSSR count). The summed E-state index contributed by atoms with van der Waals surface area (Å²) in [6.07, 6.45) is 1.03. The number of halogens is 1. The second-order valence-electron chi connectivity index (χ2n) is 9.03. The van der Waals surface area contributed by atoms with Crippen molar-refractivity contribution in [1.82, 2.24) is 34.0 Å². The normalized spacial score (nSPS) is 18.8. The fourth-order valence-corrected chi connectivity index (χ4v) is 4.69. The van der Waals surface area contributed by atoms with Crippen molar-refractivity contribution in [2.75, 3.05) is 24.1 Å². The highest BCUT2D eigenvalue weighted by molar-refractivity contribution is 5.88. The van der Waals surface area contributed by atoms with Crippen LogP contribution in [0.25, 0.3) is 27.9 Å². The van der Waals surface area contributed by atoms with Crippen LogP contribution in [0.2, 0.25) is 0 Å². The zero-order valence-electron chi connectivity index (χ0n) is 19.7. The fourth-order valence-electron chi connectivity index (χ4n) is 4.69. The number of piperidine rings is 1. The van der Waals surface area contributed by atoms with Gasteiger partial charge in [-0.05, 0) is 45.4 Å². The molecule has 34 heavy (non-hydrogen) atoms. The maximum absolute atomic E-state index is 14.6. The summed E-state index contributed by atoms with van der Waals surface area (Å²) in [7, 11) is 0. The first-order valence-electron chi connectivity index (χ1n) is 11.4. The van der Waals surface area contributed by atoms with Crippen molar-refractivity contribution in [2.24, 2.45) is 0 Å². The minimum atomic E-state index is -1.22. The van der Waals surface area contributed by atoms with Gasteiger partial charge in [0.05, 0.1) is 18.3 Å². The number of likely N-dealkylation sites (tertiary alicyclic amines) is 1. The van der Waals surface area contributed by atoms with E-state index in [4.69, 9.17) is 10.7 Å². The van der Waals surface area contributed by atoms with Gasteiger partial charge in [-0.15, -0.1) is 5.10 Å². The second-order valence-corrected chi connectivity index (χ2v) is 9.03. The Kier molecular flexibility index (Phi) is 5.34. The maximum atomic E-state index is 14.6. The Balaban J connectivity index is 1.47. The van der Waals surface area contributed by atoms with Crippen LogP contribution in [-0.4, -0.2) is 65.2 Å². The fraction of sp³-hybridized carbons (Fsp3) is 0.435. The molecule has 1 aliphatic heterocycles. The van der Waals surface area contributed by atoms with Crippen LogP contribution in [0.1, 0.15) is 39.1 Å². The summed E-state index contributed by atoms with van der Waals surface area (Å²) >= 11 is 0. The van der Waals surface area contributed by atoms with Gasteiger partial charge in [0.15, 0.2) is 11.5 Å². The van der Waals surface area contributed by atoms with E-state index >= 15 is 0 Å². The molecule has 0 aliphatic carbocycles. The smallest absolute Gasteiger partial charge is 0.243 e. The molecule has 10 nitrogen and oxygen atoms in total. The van der Waals surface area contributed by atoms with E-state index in [1.807, 2.05) is 25.1 Å².